The summed E-state index contributed by atoms with van der Waals surface area (Å²) in [5.41, 5.74) is 2.92. The Morgan fingerprint density at radius 2 is 1.66 bits per heavy atom. The highest BCUT2D eigenvalue weighted by atomic mass is 32.1. The van der Waals surface area contributed by atoms with Crippen molar-refractivity contribution >= 4 is 39.1 Å². The number of hydrogen-bond acceptors (Lipinski definition) is 5. The Balaban J connectivity index is 1.35. The Kier molecular flexibility index (Phi) is 6.89. The molecular weight excluding hydrogens is 420 g/mol. The van der Waals surface area contributed by atoms with E-state index in [1.54, 1.807) is 35.6 Å². The third-order valence-electron chi connectivity index (χ3n) is 4.90. The second-order valence-corrected chi connectivity index (χ2v) is 8.62. The molecule has 0 saturated carbocycles. The lowest BCUT2D eigenvalue weighted by molar-refractivity contribution is -0.117. The number of carbonyl (C=O) groups excluding carboxylic acids is 2. The Bertz CT molecular complexity index is 1190. The van der Waals surface area contributed by atoms with Gasteiger partial charge in [-0.3, -0.25) is 14.5 Å². The molecule has 0 aliphatic rings. The van der Waals surface area contributed by atoms with E-state index in [-0.39, 0.29) is 18.4 Å². The minimum Gasteiger partial charge on any atom is -0.348 e. The normalized spacial score (nSPS) is 10.9. The third kappa shape index (κ3) is 5.57. The maximum absolute atomic E-state index is 12.7. The van der Waals surface area contributed by atoms with Crippen LogP contribution in [0.4, 0.5) is 5.69 Å². The van der Waals surface area contributed by atoms with Crippen molar-refractivity contribution in [2.24, 2.45) is 0 Å². The van der Waals surface area contributed by atoms with Crippen LogP contribution in [0.25, 0.3) is 10.2 Å². The van der Waals surface area contributed by atoms with Gasteiger partial charge in [-0.05, 0) is 36.9 Å². The van der Waals surface area contributed by atoms with Crippen LogP contribution in [-0.2, 0) is 17.9 Å². The first-order chi connectivity index (χ1) is 15.6. The van der Waals surface area contributed by atoms with Crippen LogP contribution < -0.4 is 10.6 Å². The lowest BCUT2D eigenvalue weighted by Gasteiger charge is -2.16. The number of amides is 2. The Labute approximate surface area is 190 Å². The van der Waals surface area contributed by atoms with Gasteiger partial charge in [0.2, 0.25) is 5.91 Å². The predicted octanol–water partition coefficient (Wildman–Crippen LogP) is 4.30. The maximum Gasteiger partial charge on any atom is 0.253 e. The first kappa shape index (κ1) is 21.7. The fourth-order valence-electron chi connectivity index (χ4n) is 3.37. The summed E-state index contributed by atoms with van der Waals surface area (Å²) in [6.07, 6.45) is 0. The van der Waals surface area contributed by atoms with Gasteiger partial charge in [-0.1, -0.05) is 54.6 Å². The minimum absolute atomic E-state index is 0.183. The van der Waals surface area contributed by atoms with Gasteiger partial charge >= 0.3 is 0 Å². The number of nitrogens with one attached hydrogen (secondary N) is 2. The highest BCUT2D eigenvalue weighted by molar-refractivity contribution is 7.18. The molecule has 6 nitrogen and oxygen atoms in total. The zero-order valence-corrected chi connectivity index (χ0v) is 18.6. The van der Waals surface area contributed by atoms with Crippen molar-refractivity contribution in [1.29, 1.82) is 0 Å². The monoisotopic (exact) mass is 444 g/mol. The second kappa shape index (κ2) is 10.2. The molecule has 0 atom stereocenters. The van der Waals surface area contributed by atoms with E-state index >= 15 is 0 Å². The van der Waals surface area contributed by atoms with Crippen molar-refractivity contribution in [3.63, 3.8) is 0 Å². The number of para-hydroxylation sites is 2. The first-order valence-electron chi connectivity index (χ1n) is 10.3. The summed E-state index contributed by atoms with van der Waals surface area (Å²) < 4.78 is 1.13. The summed E-state index contributed by atoms with van der Waals surface area (Å²) in [6, 6.07) is 24.7. The van der Waals surface area contributed by atoms with Crippen LogP contribution in [0.2, 0.25) is 0 Å². The summed E-state index contributed by atoms with van der Waals surface area (Å²) in [6.45, 7) is 1.19. The molecule has 4 rings (SSSR count). The molecule has 0 aliphatic heterocycles. The molecule has 2 amide bonds. The van der Waals surface area contributed by atoms with Crippen molar-refractivity contribution in [2.45, 2.75) is 13.1 Å². The molecule has 2 N–H and O–H groups in total. The van der Waals surface area contributed by atoms with E-state index in [4.69, 9.17) is 0 Å². The fraction of sp³-hybridized carbons (Fsp3) is 0.160. The molecule has 0 spiro atoms. The number of aromatic nitrogens is 1. The topological polar surface area (TPSA) is 74.3 Å². The number of carbonyl (C=O) groups is 2. The van der Waals surface area contributed by atoms with Crippen LogP contribution in [0.1, 0.15) is 20.9 Å². The van der Waals surface area contributed by atoms with Crippen LogP contribution >= 0.6 is 11.3 Å². The predicted molar refractivity (Wildman–Crippen MR) is 129 cm³/mol. The van der Waals surface area contributed by atoms with E-state index in [1.165, 1.54) is 0 Å². The SMILES string of the molecule is CN(CC(=O)Nc1ccccc1C(=O)NCc1ccccc1)Cc1nc2ccccc2s1. The van der Waals surface area contributed by atoms with Crippen molar-refractivity contribution in [2.75, 3.05) is 18.9 Å². The lowest BCUT2D eigenvalue weighted by atomic mass is 10.1. The van der Waals surface area contributed by atoms with Crippen molar-refractivity contribution in [3.8, 4) is 0 Å². The molecule has 1 aromatic heterocycles. The number of benzene rings is 3. The summed E-state index contributed by atoms with van der Waals surface area (Å²) >= 11 is 1.63. The molecule has 0 bridgehead atoms. The molecule has 0 aliphatic carbocycles. The molecule has 0 unspecified atom stereocenters. The number of thiazole rings is 1. The zero-order valence-electron chi connectivity index (χ0n) is 17.7. The zero-order chi connectivity index (χ0) is 22.3. The van der Waals surface area contributed by atoms with Gasteiger partial charge in [0.05, 0.1) is 34.6 Å². The molecule has 1 heterocycles. The van der Waals surface area contributed by atoms with Crippen LogP contribution in [0.15, 0.2) is 78.9 Å². The van der Waals surface area contributed by atoms with Gasteiger partial charge < -0.3 is 10.6 Å². The number of rotatable bonds is 8. The molecule has 32 heavy (non-hydrogen) atoms. The van der Waals surface area contributed by atoms with Gasteiger partial charge in [-0.2, -0.15) is 0 Å². The summed E-state index contributed by atoms with van der Waals surface area (Å²) in [7, 11) is 1.88. The molecule has 0 fully saturated rings. The van der Waals surface area contributed by atoms with Gasteiger partial charge in [0.15, 0.2) is 0 Å². The van der Waals surface area contributed by atoms with E-state index < -0.39 is 0 Å². The highest BCUT2D eigenvalue weighted by Crippen LogP contribution is 2.22. The average molecular weight is 445 g/mol. The molecule has 162 valence electrons. The van der Waals surface area contributed by atoms with Gasteiger partial charge in [0.25, 0.3) is 5.91 Å². The Morgan fingerprint density at radius 3 is 2.47 bits per heavy atom. The van der Waals surface area contributed by atoms with Crippen LogP contribution in [-0.4, -0.2) is 35.3 Å². The van der Waals surface area contributed by atoms with Gasteiger partial charge in [0.1, 0.15) is 5.01 Å². The third-order valence-corrected chi connectivity index (χ3v) is 5.92. The average Bonchev–Trinajstić information content (AvgIpc) is 3.20. The fourth-order valence-corrected chi connectivity index (χ4v) is 4.42. The van der Waals surface area contributed by atoms with Crippen LogP contribution in [0.3, 0.4) is 0 Å². The standard InChI is InChI=1S/C25H24N4O2S/c1-29(17-24-28-21-13-7-8-14-22(21)32-24)16-23(30)27-20-12-6-5-11-19(20)25(31)26-15-18-9-3-2-4-10-18/h2-14H,15-17H2,1H3,(H,26,31)(H,27,30). The van der Waals surface area contributed by atoms with Crippen molar-refractivity contribution in [1.82, 2.24) is 15.2 Å². The van der Waals surface area contributed by atoms with Gasteiger partial charge in [0, 0.05) is 6.54 Å². The summed E-state index contributed by atoms with van der Waals surface area (Å²) in [5.74, 6) is -0.412. The quantitative estimate of drug-likeness (QED) is 0.425. The number of nitrogens with zero attached hydrogens (tertiary/aromatic N) is 2. The van der Waals surface area contributed by atoms with Crippen molar-refractivity contribution in [3.05, 3.63) is 95.0 Å². The lowest BCUT2D eigenvalue weighted by Crippen LogP contribution is -2.31. The van der Waals surface area contributed by atoms with E-state index in [2.05, 4.69) is 15.6 Å². The van der Waals surface area contributed by atoms with E-state index in [0.29, 0.717) is 24.3 Å². The van der Waals surface area contributed by atoms with E-state index in [9.17, 15) is 9.59 Å². The number of likely N-dealkylation sites (N-methyl/N-ethyl adjacent to an activating group) is 1. The number of anilines is 1. The minimum atomic E-state index is -0.229. The molecule has 4 aromatic rings. The second-order valence-electron chi connectivity index (χ2n) is 7.51. The summed E-state index contributed by atoms with van der Waals surface area (Å²) in [4.78, 5) is 31.9. The van der Waals surface area contributed by atoms with Crippen LogP contribution in [0, 0.1) is 0 Å². The summed E-state index contributed by atoms with van der Waals surface area (Å²) in [5, 5.41) is 6.74. The Hall–Kier alpha value is -3.55. The highest BCUT2D eigenvalue weighted by Gasteiger charge is 2.15. The van der Waals surface area contributed by atoms with Gasteiger partial charge in [-0.15, -0.1) is 11.3 Å². The molecular formula is C25H24N4O2S. The van der Waals surface area contributed by atoms with Gasteiger partial charge in [-0.25, -0.2) is 4.98 Å². The Morgan fingerprint density at radius 1 is 0.938 bits per heavy atom. The van der Waals surface area contributed by atoms with Crippen LogP contribution in [0.5, 0.6) is 0 Å². The van der Waals surface area contributed by atoms with E-state index in [0.717, 1.165) is 20.8 Å². The maximum atomic E-state index is 12.7. The largest absolute Gasteiger partial charge is 0.348 e. The van der Waals surface area contributed by atoms with E-state index in [1.807, 2.05) is 66.5 Å². The number of hydrogen-bond donors (Lipinski definition) is 2. The smallest absolute Gasteiger partial charge is 0.253 e. The molecule has 7 heteroatoms. The molecule has 3 aromatic carbocycles. The molecule has 0 radical (unpaired) electrons. The first-order valence-corrected chi connectivity index (χ1v) is 11.1. The molecule has 0 saturated heterocycles. The van der Waals surface area contributed by atoms with Crippen molar-refractivity contribution < 1.29 is 9.59 Å². The number of fused-ring (bicyclic) bond motifs is 1.